The van der Waals surface area contributed by atoms with Gasteiger partial charge in [-0.1, -0.05) is 17.7 Å². The summed E-state index contributed by atoms with van der Waals surface area (Å²) in [6, 6.07) is 4.44. The SMILES string of the molecule is O=C1CCC(O)(Cc2ccc(Cl)cc2F)CC1. The molecule has 17 heavy (non-hydrogen) atoms. The summed E-state index contributed by atoms with van der Waals surface area (Å²) in [4.78, 5) is 11.1. The van der Waals surface area contributed by atoms with Crippen molar-refractivity contribution in [3.63, 3.8) is 0 Å². The summed E-state index contributed by atoms with van der Waals surface area (Å²) in [7, 11) is 0. The van der Waals surface area contributed by atoms with Gasteiger partial charge in [-0.3, -0.25) is 4.79 Å². The van der Waals surface area contributed by atoms with E-state index in [0.717, 1.165) is 0 Å². The molecule has 0 unspecified atom stereocenters. The van der Waals surface area contributed by atoms with Gasteiger partial charge in [-0.2, -0.15) is 0 Å². The van der Waals surface area contributed by atoms with E-state index >= 15 is 0 Å². The number of aliphatic hydroxyl groups is 1. The fourth-order valence-electron chi connectivity index (χ4n) is 2.19. The second-order valence-electron chi connectivity index (χ2n) is 4.68. The molecule has 0 spiro atoms. The third-order valence-electron chi connectivity index (χ3n) is 3.27. The van der Waals surface area contributed by atoms with Crippen LogP contribution in [-0.2, 0) is 11.2 Å². The van der Waals surface area contributed by atoms with Gasteiger partial charge in [0.1, 0.15) is 11.6 Å². The van der Waals surface area contributed by atoms with Crippen molar-refractivity contribution in [3.8, 4) is 0 Å². The number of benzene rings is 1. The number of rotatable bonds is 2. The lowest BCUT2D eigenvalue weighted by molar-refractivity contribution is -0.125. The lowest BCUT2D eigenvalue weighted by Crippen LogP contribution is -2.36. The first kappa shape index (κ1) is 12.5. The third-order valence-corrected chi connectivity index (χ3v) is 3.51. The molecule has 0 aliphatic heterocycles. The van der Waals surface area contributed by atoms with E-state index in [1.807, 2.05) is 0 Å². The maximum absolute atomic E-state index is 13.6. The molecule has 1 saturated carbocycles. The molecule has 0 bridgehead atoms. The molecule has 2 nitrogen and oxygen atoms in total. The molecule has 4 heteroatoms. The van der Waals surface area contributed by atoms with Crippen LogP contribution in [0.25, 0.3) is 0 Å². The zero-order valence-electron chi connectivity index (χ0n) is 9.38. The van der Waals surface area contributed by atoms with Crippen LogP contribution in [0.15, 0.2) is 18.2 Å². The highest BCUT2D eigenvalue weighted by atomic mass is 35.5. The first-order chi connectivity index (χ1) is 7.98. The Morgan fingerprint density at radius 3 is 2.59 bits per heavy atom. The van der Waals surface area contributed by atoms with Crippen molar-refractivity contribution in [1.29, 1.82) is 0 Å². The summed E-state index contributed by atoms with van der Waals surface area (Å²) < 4.78 is 13.6. The van der Waals surface area contributed by atoms with Crippen LogP contribution in [0.5, 0.6) is 0 Å². The Morgan fingerprint density at radius 2 is 2.00 bits per heavy atom. The molecule has 0 radical (unpaired) electrons. The van der Waals surface area contributed by atoms with Crippen molar-refractivity contribution < 1.29 is 14.3 Å². The standard InChI is InChI=1S/C13H14ClFO2/c14-10-2-1-9(12(15)7-10)8-13(17)5-3-11(16)4-6-13/h1-2,7,17H,3-6,8H2. The Hall–Kier alpha value is -0.930. The minimum Gasteiger partial charge on any atom is -0.390 e. The molecular weight excluding hydrogens is 243 g/mol. The highest BCUT2D eigenvalue weighted by Crippen LogP contribution is 2.30. The van der Waals surface area contributed by atoms with Crippen LogP contribution in [-0.4, -0.2) is 16.5 Å². The molecule has 0 amide bonds. The Morgan fingerprint density at radius 1 is 1.35 bits per heavy atom. The zero-order valence-corrected chi connectivity index (χ0v) is 10.1. The number of carbonyl (C=O) groups excluding carboxylic acids is 1. The molecule has 92 valence electrons. The molecule has 0 saturated heterocycles. The Bertz CT molecular complexity index is 435. The van der Waals surface area contributed by atoms with Crippen molar-refractivity contribution >= 4 is 17.4 Å². The van der Waals surface area contributed by atoms with Crippen molar-refractivity contribution in [1.82, 2.24) is 0 Å². The topological polar surface area (TPSA) is 37.3 Å². The first-order valence-electron chi connectivity index (χ1n) is 5.67. The van der Waals surface area contributed by atoms with Crippen LogP contribution in [0.3, 0.4) is 0 Å². The van der Waals surface area contributed by atoms with Crippen LogP contribution in [0, 0.1) is 5.82 Å². The van der Waals surface area contributed by atoms with E-state index in [4.69, 9.17) is 11.6 Å². The lowest BCUT2D eigenvalue weighted by atomic mass is 9.80. The molecule has 1 aromatic carbocycles. The van der Waals surface area contributed by atoms with Gasteiger partial charge in [-0.05, 0) is 30.5 Å². The Balaban J connectivity index is 2.12. The van der Waals surface area contributed by atoms with E-state index < -0.39 is 11.4 Å². The molecule has 0 aromatic heterocycles. The average molecular weight is 257 g/mol. The van der Waals surface area contributed by atoms with E-state index in [1.54, 1.807) is 12.1 Å². The van der Waals surface area contributed by atoms with Crippen LogP contribution in [0.2, 0.25) is 5.02 Å². The van der Waals surface area contributed by atoms with Gasteiger partial charge in [0.2, 0.25) is 0 Å². The molecule has 0 heterocycles. The fourth-order valence-corrected chi connectivity index (χ4v) is 2.35. The maximum Gasteiger partial charge on any atom is 0.133 e. The van der Waals surface area contributed by atoms with E-state index in [2.05, 4.69) is 0 Å². The lowest BCUT2D eigenvalue weighted by Gasteiger charge is -2.31. The van der Waals surface area contributed by atoms with Crippen molar-refractivity contribution in [3.05, 3.63) is 34.6 Å². The van der Waals surface area contributed by atoms with Crippen molar-refractivity contribution in [2.24, 2.45) is 0 Å². The highest BCUT2D eigenvalue weighted by molar-refractivity contribution is 6.30. The van der Waals surface area contributed by atoms with E-state index in [-0.39, 0.29) is 12.2 Å². The Labute approximate surface area is 104 Å². The first-order valence-corrected chi connectivity index (χ1v) is 6.04. The van der Waals surface area contributed by atoms with Gasteiger partial charge in [0, 0.05) is 24.3 Å². The minimum atomic E-state index is -0.956. The average Bonchev–Trinajstić information content (AvgIpc) is 2.27. The predicted octanol–water partition coefficient (Wildman–Crippen LogP) is 2.90. The van der Waals surface area contributed by atoms with Crippen LogP contribution < -0.4 is 0 Å². The van der Waals surface area contributed by atoms with Crippen molar-refractivity contribution in [2.75, 3.05) is 0 Å². The van der Waals surface area contributed by atoms with Gasteiger partial charge in [0.05, 0.1) is 5.60 Å². The van der Waals surface area contributed by atoms with Gasteiger partial charge in [-0.25, -0.2) is 4.39 Å². The molecular formula is C13H14ClFO2. The maximum atomic E-state index is 13.6. The van der Waals surface area contributed by atoms with Crippen LogP contribution in [0.1, 0.15) is 31.2 Å². The largest absolute Gasteiger partial charge is 0.390 e. The molecule has 0 atom stereocenters. The monoisotopic (exact) mass is 256 g/mol. The predicted molar refractivity (Wildman–Crippen MR) is 63.5 cm³/mol. The highest BCUT2D eigenvalue weighted by Gasteiger charge is 2.33. The zero-order chi connectivity index (χ0) is 12.5. The normalized spacial score (nSPS) is 19.4. The van der Waals surface area contributed by atoms with Crippen LogP contribution in [0.4, 0.5) is 4.39 Å². The number of halogens is 2. The molecule has 1 aliphatic carbocycles. The second-order valence-corrected chi connectivity index (χ2v) is 5.11. The molecule has 1 aliphatic rings. The fraction of sp³-hybridized carbons (Fsp3) is 0.462. The van der Waals surface area contributed by atoms with E-state index in [9.17, 15) is 14.3 Å². The van der Waals surface area contributed by atoms with Gasteiger partial charge in [0.15, 0.2) is 0 Å². The van der Waals surface area contributed by atoms with Crippen LogP contribution >= 0.6 is 11.6 Å². The van der Waals surface area contributed by atoms with Gasteiger partial charge >= 0.3 is 0 Å². The molecule has 1 N–H and O–H groups in total. The van der Waals surface area contributed by atoms with E-state index in [1.165, 1.54) is 6.07 Å². The molecule has 1 aromatic rings. The summed E-state index contributed by atoms with van der Waals surface area (Å²) >= 11 is 5.67. The number of hydrogen-bond acceptors (Lipinski definition) is 2. The van der Waals surface area contributed by atoms with Crippen molar-refractivity contribution in [2.45, 2.75) is 37.7 Å². The summed E-state index contributed by atoms with van der Waals surface area (Å²) in [5.74, 6) is -0.228. The van der Waals surface area contributed by atoms with E-state index in [0.29, 0.717) is 36.3 Å². The van der Waals surface area contributed by atoms with Gasteiger partial charge in [-0.15, -0.1) is 0 Å². The minimum absolute atomic E-state index is 0.172. The second kappa shape index (κ2) is 4.75. The third kappa shape index (κ3) is 3.05. The quantitative estimate of drug-likeness (QED) is 0.883. The number of Topliss-reactive ketones (excluding diaryl/α,β-unsaturated/α-hetero) is 1. The number of carbonyl (C=O) groups is 1. The summed E-state index contributed by atoms with van der Waals surface area (Å²) in [6.07, 6.45) is 1.82. The van der Waals surface area contributed by atoms with Gasteiger partial charge in [0.25, 0.3) is 0 Å². The number of hydrogen-bond donors (Lipinski definition) is 1. The summed E-state index contributed by atoms with van der Waals surface area (Å²) in [6.45, 7) is 0. The smallest absolute Gasteiger partial charge is 0.133 e. The molecule has 2 rings (SSSR count). The number of ketones is 1. The molecule has 1 fully saturated rings. The van der Waals surface area contributed by atoms with Gasteiger partial charge < -0.3 is 5.11 Å². The summed E-state index contributed by atoms with van der Waals surface area (Å²) in [5, 5.41) is 10.6. The Kier molecular flexibility index (Phi) is 3.50. The summed E-state index contributed by atoms with van der Waals surface area (Å²) in [5.41, 5.74) is -0.506.